The zero-order valence-electron chi connectivity index (χ0n) is 21.8. The summed E-state index contributed by atoms with van der Waals surface area (Å²) < 4.78 is 15.9. The molecule has 0 bridgehead atoms. The van der Waals surface area contributed by atoms with E-state index in [4.69, 9.17) is 19.3 Å². The number of alkyl carbamates (subject to hydrolysis) is 2. The number of nitrogens with one attached hydrogen (secondary N) is 2. The number of carboxylic acid groups (broad SMARTS) is 1. The zero-order valence-corrected chi connectivity index (χ0v) is 21.8. The third kappa shape index (κ3) is 8.22. The highest BCUT2D eigenvalue weighted by Gasteiger charge is 2.30. The Bertz CT molecular complexity index is 1110. The SMILES string of the molecule is CC(C)(C)OC(=O)NCCC(NC(=O)OCC1c2ccccc2-c2ccccc21)C(=O)OCCCC(=O)O. The van der Waals surface area contributed by atoms with Crippen LogP contribution in [0.15, 0.2) is 48.5 Å². The summed E-state index contributed by atoms with van der Waals surface area (Å²) in [5.41, 5.74) is 3.60. The lowest BCUT2D eigenvalue weighted by Crippen LogP contribution is -2.45. The average Bonchev–Trinajstić information content (AvgIpc) is 3.17. The van der Waals surface area contributed by atoms with Crippen LogP contribution in [-0.4, -0.2) is 60.6 Å². The van der Waals surface area contributed by atoms with Crippen LogP contribution in [-0.2, 0) is 23.8 Å². The number of carboxylic acids is 1. The number of aliphatic carboxylic acids is 1. The average molecular weight is 527 g/mol. The van der Waals surface area contributed by atoms with Crippen molar-refractivity contribution in [3.05, 3.63) is 59.7 Å². The van der Waals surface area contributed by atoms with E-state index in [0.29, 0.717) is 0 Å². The van der Waals surface area contributed by atoms with E-state index in [9.17, 15) is 19.2 Å². The van der Waals surface area contributed by atoms with Crippen LogP contribution in [0.3, 0.4) is 0 Å². The van der Waals surface area contributed by atoms with Crippen LogP contribution in [0.2, 0.25) is 0 Å². The van der Waals surface area contributed by atoms with Gasteiger partial charge >= 0.3 is 24.1 Å². The molecule has 10 heteroatoms. The van der Waals surface area contributed by atoms with Crippen molar-refractivity contribution in [3.63, 3.8) is 0 Å². The fraction of sp³-hybridized carbons (Fsp3) is 0.429. The molecule has 1 atom stereocenters. The molecule has 0 saturated carbocycles. The van der Waals surface area contributed by atoms with Crippen LogP contribution in [0.5, 0.6) is 0 Å². The summed E-state index contributed by atoms with van der Waals surface area (Å²) in [4.78, 5) is 48.0. The van der Waals surface area contributed by atoms with E-state index < -0.39 is 35.8 Å². The van der Waals surface area contributed by atoms with Crippen LogP contribution in [0.4, 0.5) is 9.59 Å². The van der Waals surface area contributed by atoms with Crippen molar-refractivity contribution >= 4 is 24.1 Å². The van der Waals surface area contributed by atoms with Crippen molar-refractivity contribution in [2.75, 3.05) is 19.8 Å². The number of ether oxygens (including phenoxy) is 3. The third-order valence-corrected chi connectivity index (χ3v) is 5.80. The maximum absolute atomic E-state index is 12.7. The van der Waals surface area contributed by atoms with E-state index in [0.717, 1.165) is 22.3 Å². The first-order valence-corrected chi connectivity index (χ1v) is 12.5. The molecule has 1 aliphatic rings. The molecule has 2 aromatic carbocycles. The van der Waals surface area contributed by atoms with E-state index in [1.54, 1.807) is 20.8 Å². The van der Waals surface area contributed by atoms with Crippen molar-refractivity contribution in [1.29, 1.82) is 0 Å². The molecule has 3 rings (SSSR count). The first-order valence-electron chi connectivity index (χ1n) is 12.5. The number of amides is 2. The van der Waals surface area contributed by atoms with Gasteiger partial charge in [-0.3, -0.25) is 4.79 Å². The monoisotopic (exact) mass is 526 g/mol. The molecule has 2 amide bonds. The van der Waals surface area contributed by atoms with Crippen molar-refractivity contribution in [1.82, 2.24) is 10.6 Å². The Labute approximate surface area is 221 Å². The lowest BCUT2D eigenvalue weighted by atomic mass is 9.98. The summed E-state index contributed by atoms with van der Waals surface area (Å²) in [6.45, 7) is 5.14. The summed E-state index contributed by atoms with van der Waals surface area (Å²) in [5, 5.41) is 13.8. The van der Waals surface area contributed by atoms with Crippen LogP contribution in [0.1, 0.15) is 57.1 Å². The first-order chi connectivity index (χ1) is 18.0. The lowest BCUT2D eigenvalue weighted by molar-refractivity contribution is -0.147. The molecule has 204 valence electrons. The highest BCUT2D eigenvalue weighted by molar-refractivity contribution is 5.82. The molecule has 38 heavy (non-hydrogen) atoms. The lowest BCUT2D eigenvalue weighted by Gasteiger charge is -2.21. The van der Waals surface area contributed by atoms with Gasteiger partial charge in [0.25, 0.3) is 0 Å². The Hall–Kier alpha value is -4.08. The summed E-state index contributed by atoms with van der Waals surface area (Å²) in [6.07, 6.45) is -1.47. The number of rotatable bonds is 11. The molecule has 0 spiro atoms. The van der Waals surface area contributed by atoms with Gasteiger partial charge in [0.1, 0.15) is 18.2 Å². The molecule has 1 unspecified atom stereocenters. The van der Waals surface area contributed by atoms with Gasteiger partial charge in [-0.1, -0.05) is 48.5 Å². The largest absolute Gasteiger partial charge is 0.481 e. The van der Waals surface area contributed by atoms with Gasteiger partial charge in [0.2, 0.25) is 0 Å². The van der Waals surface area contributed by atoms with Gasteiger partial charge < -0.3 is 30.0 Å². The molecule has 0 heterocycles. The molecule has 0 aliphatic heterocycles. The normalized spacial score (nSPS) is 13.0. The topological polar surface area (TPSA) is 140 Å². The van der Waals surface area contributed by atoms with Gasteiger partial charge in [-0.05, 0) is 55.9 Å². The highest BCUT2D eigenvalue weighted by Crippen LogP contribution is 2.44. The number of carbonyl (C=O) groups is 4. The van der Waals surface area contributed by atoms with Crippen molar-refractivity contribution in [3.8, 4) is 11.1 Å². The van der Waals surface area contributed by atoms with Crippen molar-refractivity contribution in [2.24, 2.45) is 0 Å². The predicted octanol–water partition coefficient (Wildman–Crippen LogP) is 4.22. The second kappa shape index (κ2) is 12.9. The summed E-state index contributed by atoms with van der Waals surface area (Å²) in [7, 11) is 0. The van der Waals surface area contributed by atoms with E-state index in [-0.39, 0.29) is 44.9 Å². The van der Waals surface area contributed by atoms with Crippen molar-refractivity contribution < 1.29 is 38.5 Å². The molecular formula is C28H34N2O8. The van der Waals surface area contributed by atoms with Crippen molar-refractivity contribution in [2.45, 2.75) is 57.6 Å². The molecule has 0 fully saturated rings. The zero-order chi connectivity index (χ0) is 27.7. The van der Waals surface area contributed by atoms with Crippen LogP contribution in [0.25, 0.3) is 11.1 Å². The second-order valence-corrected chi connectivity index (χ2v) is 9.90. The van der Waals surface area contributed by atoms with E-state index in [2.05, 4.69) is 10.6 Å². The molecule has 1 aliphatic carbocycles. The fourth-order valence-corrected chi connectivity index (χ4v) is 4.16. The molecule has 0 saturated heterocycles. The number of hydrogen-bond donors (Lipinski definition) is 3. The minimum Gasteiger partial charge on any atom is -0.481 e. The Morgan fingerprint density at radius 2 is 1.53 bits per heavy atom. The summed E-state index contributed by atoms with van der Waals surface area (Å²) >= 11 is 0. The molecule has 0 aromatic heterocycles. The Kier molecular flexibility index (Phi) is 9.70. The number of hydrogen-bond acceptors (Lipinski definition) is 7. The summed E-state index contributed by atoms with van der Waals surface area (Å²) in [5.74, 6) is -1.91. The van der Waals surface area contributed by atoms with Gasteiger partial charge in [0.15, 0.2) is 0 Å². The van der Waals surface area contributed by atoms with E-state index in [1.807, 2.05) is 48.5 Å². The first kappa shape index (κ1) is 28.5. The van der Waals surface area contributed by atoms with Crippen LogP contribution in [0, 0.1) is 0 Å². The Morgan fingerprint density at radius 3 is 2.11 bits per heavy atom. The molecule has 0 radical (unpaired) electrons. The van der Waals surface area contributed by atoms with Crippen LogP contribution >= 0.6 is 0 Å². The fourth-order valence-electron chi connectivity index (χ4n) is 4.16. The Balaban J connectivity index is 1.59. The molecule has 3 N–H and O–H groups in total. The maximum atomic E-state index is 12.7. The van der Waals surface area contributed by atoms with Crippen LogP contribution < -0.4 is 10.6 Å². The van der Waals surface area contributed by atoms with E-state index in [1.165, 1.54) is 0 Å². The number of fused-ring (bicyclic) bond motifs is 3. The smallest absolute Gasteiger partial charge is 0.407 e. The summed E-state index contributed by atoms with van der Waals surface area (Å²) in [6, 6.07) is 14.7. The molecule has 10 nitrogen and oxygen atoms in total. The standard InChI is InChI=1S/C28H34N2O8/c1-28(2,3)38-26(34)29-15-14-23(25(33)36-16-8-13-24(31)32)30-27(35)37-17-22-20-11-6-4-9-18(20)19-10-5-7-12-21(19)22/h4-7,9-12,22-23H,8,13-17H2,1-3H3,(H,29,34)(H,30,35)(H,31,32). The number of benzene rings is 2. The van der Waals surface area contributed by atoms with Gasteiger partial charge in [-0.15, -0.1) is 0 Å². The number of carbonyl (C=O) groups excluding carboxylic acids is 3. The molecule has 2 aromatic rings. The maximum Gasteiger partial charge on any atom is 0.407 e. The van der Waals surface area contributed by atoms with Gasteiger partial charge in [-0.25, -0.2) is 14.4 Å². The predicted molar refractivity (Wildman–Crippen MR) is 139 cm³/mol. The minimum absolute atomic E-state index is 0.0151. The Morgan fingerprint density at radius 1 is 0.921 bits per heavy atom. The molecular weight excluding hydrogens is 492 g/mol. The highest BCUT2D eigenvalue weighted by atomic mass is 16.6. The van der Waals surface area contributed by atoms with Gasteiger partial charge in [0, 0.05) is 18.9 Å². The quantitative estimate of drug-likeness (QED) is 0.225. The van der Waals surface area contributed by atoms with Gasteiger partial charge in [0.05, 0.1) is 6.61 Å². The van der Waals surface area contributed by atoms with Gasteiger partial charge in [-0.2, -0.15) is 0 Å². The number of esters is 1. The minimum atomic E-state index is -1.12. The second-order valence-electron chi connectivity index (χ2n) is 9.90. The third-order valence-electron chi connectivity index (χ3n) is 5.80. The van der Waals surface area contributed by atoms with E-state index >= 15 is 0 Å².